The maximum Gasteiger partial charge on any atom is 0.223 e. The van der Waals surface area contributed by atoms with Crippen LogP contribution in [0.2, 0.25) is 0 Å². The topological polar surface area (TPSA) is 61.4 Å². The summed E-state index contributed by atoms with van der Waals surface area (Å²) in [5, 5.41) is 3.39. The lowest BCUT2D eigenvalue weighted by molar-refractivity contribution is -0.131. The van der Waals surface area contributed by atoms with Gasteiger partial charge in [-0.25, -0.2) is 4.98 Å². The summed E-state index contributed by atoms with van der Waals surface area (Å²) in [5.74, 6) is 1.16. The van der Waals surface area contributed by atoms with Gasteiger partial charge in [0.05, 0.1) is 6.20 Å². The largest absolute Gasteiger partial charge is 0.352 e. The first kappa shape index (κ1) is 13.3. The van der Waals surface area contributed by atoms with Crippen molar-refractivity contribution in [3.05, 3.63) is 18.6 Å². The van der Waals surface area contributed by atoms with Crippen molar-refractivity contribution in [2.75, 3.05) is 37.6 Å². The molecule has 2 heterocycles. The van der Waals surface area contributed by atoms with E-state index in [1.807, 2.05) is 4.90 Å². The van der Waals surface area contributed by atoms with Crippen LogP contribution in [0.3, 0.4) is 0 Å². The second-order valence-corrected chi connectivity index (χ2v) is 5.41. The van der Waals surface area contributed by atoms with Gasteiger partial charge in [0.25, 0.3) is 0 Å². The summed E-state index contributed by atoms with van der Waals surface area (Å²) in [6, 6.07) is 0.677. The van der Waals surface area contributed by atoms with Crippen molar-refractivity contribution in [2.45, 2.75) is 25.3 Å². The van der Waals surface area contributed by atoms with Crippen LogP contribution in [0, 0.1) is 0 Å². The van der Waals surface area contributed by atoms with E-state index in [9.17, 15) is 4.79 Å². The minimum Gasteiger partial charge on any atom is -0.352 e. The zero-order chi connectivity index (χ0) is 13.8. The lowest BCUT2D eigenvalue weighted by Crippen LogP contribution is -2.49. The Balaban J connectivity index is 1.42. The molecular weight excluding hydrogens is 254 g/mol. The minimum atomic E-state index is 0.261. The molecular formula is C14H21N5O. The van der Waals surface area contributed by atoms with Gasteiger partial charge in [0.2, 0.25) is 5.91 Å². The summed E-state index contributed by atoms with van der Waals surface area (Å²) in [6.45, 7) is 4.03. The molecule has 6 heteroatoms. The molecule has 6 nitrogen and oxygen atoms in total. The van der Waals surface area contributed by atoms with Crippen LogP contribution in [0.4, 0.5) is 5.82 Å². The normalized spacial score (nSPS) is 19.2. The maximum absolute atomic E-state index is 12.1. The van der Waals surface area contributed by atoms with E-state index >= 15 is 0 Å². The number of carbonyl (C=O) groups is 1. The average molecular weight is 275 g/mol. The quantitative estimate of drug-likeness (QED) is 0.835. The Hall–Kier alpha value is -1.69. The van der Waals surface area contributed by atoms with Gasteiger partial charge in [-0.05, 0) is 12.8 Å². The van der Waals surface area contributed by atoms with Crippen LogP contribution in [-0.4, -0.2) is 59.5 Å². The predicted octanol–water partition coefficient (Wildman–Crippen LogP) is 0.267. The second-order valence-electron chi connectivity index (χ2n) is 5.41. The van der Waals surface area contributed by atoms with Gasteiger partial charge in [-0.3, -0.25) is 9.78 Å². The van der Waals surface area contributed by atoms with E-state index in [1.54, 1.807) is 18.6 Å². The Morgan fingerprint density at radius 3 is 2.70 bits per heavy atom. The number of nitrogens with zero attached hydrogens (tertiary/aromatic N) is 4. The predicted molar refractivity (Wildman–Crippen MR) is 76.5 cm³/mol. The number of aromatic nitrogens is 2. The first-order valence-corrected chi connectivity index (χ1v) is 7.35. The first-order valence-electron chi connectivity index (χ1n) is 7.35. The van der Waals surface area contributed by atoms with Gasteiger partial charge in [-0.15, -0.1) is 0 Å². The van der Waals surface area contributed by atoms with Crippen LogP contribution in [0.15, 0.2) is 18.6 Å². The molecule has 2 aliphatic rings. The highest BCUT2D eigenvalue weighted by atomic mass is 16.2. The molecule has 1 aliphatic heterocycles. The highest BCUT2D eigenvalue weighted by Gasteiger charge is 2.23. The third-order valence-electron chi connectivity index (χ3n) is 3.86. The van der Waals surface area contributed by atoms with Crippen LogP contribution in [0.5, 0.6) is 0 Å². The van der Waals surface area contributed by atoms with Crippen molar-refractivity contribution < 1.29 is 4.79 Å². The van der Waals surface area contributed by atoms with Crippen LogP contribution in [-0.2, 0) is 4.79 Å². The van der Waals surface area contributed by atoms with E-state index < -0.39 is 0 Å². The molecule has 1 amide bonds. The lowest BCUT2D eigenvalue weighted by Gasteiger charge is -2.35. The fraction of sp³-hybridized carbons (Fsp3) is 0.643. The lowest BCUT2D eigenvalue weighted by atomic mass is 10.2. The molecule has 3 rings (SSSR count). The molecule has 1 saturated heterocycles. The van der Waals surface area contributed by atoms with Crippen molar-refractivity contribution in [2.24, 2.45) is 0 Å². The smallest absolute Gasteiger partial charge is 0.223 e. The summed E-state index contributed by atoms with van der Waals surface area (Å²) < 4.78 is 0. The highest BCUT2D eigenvalue weighted by Crippen LogP contribution is 2.18. The molecule has 1 N–H and O–H groups in total. The van der Waals surface area contributed by atoms with Gasteiger partial charge in [0, 0.05) is 57.6 Å². The third kappa shape index (κ3) is 3.45. The fourth-order valence-electron chi connectivity index (χ4n) is 2.47. The van der Waals surface area contributed by atoms with Crippen molar-refractivity contribution in [1.29, 1.82) is 0 Å². The summed E-state index contributed by atoms with van der Waals surface area (Å²) >= 11 is 0. The van der Waals surface area contributed by atoms with Gasteiger partial charge in [-0.2, -0.15) is 0 Å². The van der Waals surface area contributed by atoms with Crippen LogP contribution >= 0.6 is 0 Å². The number of rotatable bonds is 5. The highest BCUT2D eigenvalue weighted by molar-refractivity contribution is 5.76. The monoisotopic (exact) mass is 275 g/mol. The molecule has 0 radical (unpaired) electrons. The molecule has 0 aromatic carbocycles. The number of carbonyl (C=O) groups excluding carboxylic acids is 1. The number of hydrogen-bond acceptors (Lipinski definition) is 5. The molecule has 0 unspecified atom stereocenters. The van der Waals surface area contributed by atoms with E-state index in [2.05, 4.69) is 20.2 Å². The summed E-state index contributed by atoms with van der Waals surface area (Å²) in [6.07, 6.45) is 8.31. The minimum absolute atomic E-state index is 0.261. The van der Waals surface area contributed by atoms with Gasteiger partial charge in [0.15, 0.2) is 0 Å². The molecule has 0 atom stereocenters. The Morgan fingerprint density at radius 2 is 2.05 bits per heavy atom. The maximum atomic E-state index is 12.1. The first-order chi connectivity index (χ1) is 9.83. The number of anilines is 1. The van der Waals surface area contributed by atoms with Gasteiger partial charge in [0.1, 0.15) is 5.82 Å². The van der Waals surface area contributed by atoms with Crippen molar-refractivity contribution >= 4 is 11.7 Å². The van der Waals surface area contributed by atoms with E-state index in [4.69, 9.17) is 0 Å². The van der Waals surface area contributed by atoms with Crippen molar-refractivity contribution in [3.63, 3.8) is 0 Å². The summed E-state index contributed by atoms with van der Waals surface area (Å²) in [7, 11) is 0. The van der Waals surface area contributed by atoms with Crippen LogP contribution in [0.1, 0.15) is 19.3 Å². The van der Waals surface area contributed by atoms with Crippen LogP contribution < -0.4 is 10.2 Å². The SMILES string of the molecule is O=C(CCNC1CC1)N1CCN(c2cnccn2)CC1. The number of piperazine rings is 1. The second kappa shape index (κ2) is 6.17. The van der Waals surface area contributed by atoms with Crippen molar-refractivity contribution in [1.82, 2.24) is 20.2 Å². The Kier molecular flexibility index (Phi) is 4.11. The van der Waals surface area contributed by atoms with Crippen molar-refractivity contribution in [3.8, 4) is 0 Å². The Labute approximate surface area is 119 Å². The molecule has 1 aromatic rings. The molecule has 2 fully saturated rings. The van der Waals surface area contributed by atoms with E-state index in [1.165, 1.54) is 12.8 Å². The van der Waals surface area contributed by atoms with E-state index in [0.29, 0.717) is 12.5 Å². The van der Waals surface area contributed by atoms with Gasteiger partial charge < -0.3 is 15.1 Å². The molecule has 0 spiro atoms. The Bertz CT molecular complexity index is 440. The average Bonchev–Trinajstić information content (AvgIpc) is 3.32. The Morgan fingerprint density at radius 1 is 1.25 bits per heavy atom. The number of amides is 1. The zero-order valence-electron chi connectivity index (χ0n) is 11.7. The van der Waals surface area contributed by atoms with E-state index in [-0.39, 0.29) is 5.91 Å². The number of nitrogens with one attached hydrogen (secondary N) is 1. The molecule has 0 bridgehead atoms. The summed E-state index contributed by atoms with van der Waals surface area (Å²) in [5.41, 5.74) is 0. The zero-order valence-corrected chi connectivity index (χ0v) is 11.7. The molecule has 1 saturated carbocycles. The standard InChI is InChI=1S/C14H21N5O/c20-14(3-4-16-12-1-2-12)19-9-7-18(8-10-19)13-11-15-5-6-17-13/h5-6,11-12,16H,1-4,7-10H2. The molecule has 1 aliphatic carbocycles. The summed E-state index contributed by atoms with van der Waals surface area (Å²) in [4.78, 5) is 24.6. The molecule has 20 heavy (non-hydrogen) atoms. The van der Waals surface area contributed by atoms with E-state index in [0.717, 1.165) is 38.5 Å². The third-order valence-corrected chi connectivity index (χ3v) is 3.86. The number of hydrogen-bond donors (Lipinski definition) is 1. The molecule has 108 valence electrons. The molecule has 1 aromatic heterocycles. The van der Waals surface area contributed by atoms with Gasteiger partial charge in [-0.1, -0.05) is 0 Å². The van der Waals surface area contributed by atoms with Crippen LogP contribution in [0.25, 0.3) is 0 Å². The van der Waals surface area contributed by atoms with Gasteiger partial charge >= 0.3 is 0 Å². The fourth-order valence-corrected chi connectivity index (χ4v) is 2.47.